The number of benzene rings is 1. The molecule has 0 spiro atoms. The molecule has 0 aliphatic carbocycles. The van der Waals surface area contributed by atoms with Gasteiger partial charge < -0.3 is 24.4 Å². The molecule has 2 heterocycles. The number of halogens is 1. The maximum atomic E-state index is 12.0. The minimum Gasteiger partial charge on any atom is -0.466 e. The Labute approximate surface area is 171 Å². The van der Waals surface area contributed by atoms with Gasteiger partial charge in [0.1, 0.15) is 0 Å². The summed E-state index contributed by atoms with van der Waals surface area (Å²) in [4.78, 5) is 18.5. The number of nitrogens with zero attached hydrogens (tertiary/aromatic N) is 2. The first-order valence-corrected chi connectivity index (χ1v) is 8.72. The summed E-state index contributed by atoms with van der Waals surface area (Å²) >= 11 is 0. The van der Waals surface area contributed by atoms with Gasteiger partial charge in [-0.05, 0) is 37.5 Å². The summed E-state index contributed by atoms with van der Waals surface area (Å²) in [6.07, 6.45) is 1.82. The third kappa shape index (κ3) is 4.93. The molecule has 1 saturated heterocycles. The second-order valence-electron chi connectivity index (χ2n) is 6.13. The summed E-state index contributed by atoms with van der Waals surface area (Å²) in [6.45, 7) is 4.69. The molecular weight excluding hydrogens is 449 g/mol. The average Bonchev–Trinajstić information content (AvgIpc) is 3.10. The number of ether oxygens (including phenoxy) is 3. The molecule has 1 N–H and O–H groups in total. The van der Waals surface area contributed by atoms with Crippen LogP contribution < -0.4 is 14.8 Å². The molecule has 1 aromatic rings. The highest BCUT2D eigenvalue weighted by molar-refractivity contribution is 14.0. The molecule has 1 unspecified atom stereocenters. The van der Waals surface area contributed by atoms with Gasteiger partial charge in [0.2, 0.25) is 6.79 Å². The number of hydrogen-bond donors (Lipinski definition) is 1. The molecule has 0 amide bonds. The molecule has 144 valence electrons. The van der Waals surface area contributed by atoms with Crippen LogP contribution in [-0.2, 0) is 16.1 Å². The van der Waals surface area contributed by atoms with Crippen LogP contribution in [0.5, 0.6) is 11.5 Å². The van der Waals surface area contributed by atoms with E-state index in [9.17, 15) is 4.79 Å². The van der Waals surface area contributed by atoms with Gasteiger partial charge in [0, 0.05) is 26.7 Å². The first-order chi connectivity index (χ1) is 12.2. The summed E-state index contributed by atoms with van der Waals surface area (Å²) < 4.78 is 15.9. The zero-order valence-electron chi connectivity index (χ0n) is 15.2. The molecule has 3 rings (SSSR count). The van der Waals surface area contributed by atoms with E-state index in [-0.39, 0.29) is 42.7 Å². The number of fused-ring (bicyclic) bond motifs is 1. The smallest absolute Gasteiger partial charge is 0.310 e. The molecule has 8 heteroatoms. The van der Waals surface area contributed by atoms with Crippen molar-refractivity contribution in [3.63, 3.8) is 0 Å². The molecule has 1 atom stereocenters. The van der Waals surface area contributed by atoms with Crippen molar-refractivity contribution < 1.29 is 19.0 Å². The number of rotatable bonds is 4. The molecule has 0 bridgehead atoms. The lowest BCUT2D eigenvalue weighted by Crippen LogP contribution is -2.48. The molecule has 1 fully saturated rings. The zero-order chi connectivity index (χ0) is 17.6. The maximum Gasteiger partial charge on any atom is 0.310 e. The standard InChI is InChI=1S/C18H25N3O4.HI/c1-3-23-17(22)14-5-4-8-21(11-14)18(19-2)20-10-13-6-7-15-16(9-13)25-12-24-15;/h6-7,9,14H,3-5,8,10-12H2,1-2H3,(H,19,20);1H. The molecule has 1 aromatic carbocycles. The van der Waals surface area contributed by atoms with Crippen molar-refractivity contribution in [3.05, 3.63) is 23.8 Å². The number of carbonyl (C=O) groups excluding carboxylic acids is 1. The van der Waals surface area contributed by atoms with Gasteiger partial charge in [-0.3, -0.25) is 9.79 Å². The number of nitrogens with one attached hydrogen (secondary N) is 1. The molecule has 7 nitrogen and oxygen atoms in total. The van der Waals surface area contributed by atoms with E-state index in [4.69, 9.17) is 14.2 Å². The van der Waals surface area contributed by atoms with E-state index in [1.165, 1.54) is 0 Å². The summed E-state index contributed by atoms with van der Waals surface area (Å²) in [5.41, 5.74) is 1.09. The Hall–Kier alpha value is -1.71. The third-order valence-corrected chi connectivity index (χ3v) is 4.44. The number of esters is 1. The Morgan fingerprint density at radius 1 is 1.38 bits per heavy atom. The quantitative estimate of drug-likeness (QED) is 0.312. The fraction of sp³-hybridized carbons (Fsp3) is 0.556. The van der Waals surface area contributed by atoms with Gasteiger partial charge in [0.05, 0.1) is 12.5 Å². The fourth-order valence-corrected chi connectivity index (χ4v) is 3.19. The van der Waals surface area contributed by atoms with E-state index in [0.717, 1.165) is 42.4 Å². The lowest BCUT2D eigenvalue weighted by atomic mass is 9.98. The monoisotopic (exact) mass is 475 g/mol. The van der Waals surface area contributed by atoms with E-state index in [2.05, 4.69) is 15.2 Å². The van der Waals surface area contributed by atoms with Crippen LogP contribution in [0.25, 0.3) is 0 Å². The topological polar surface area (TPSA) is 72.4 Å². The first kappa shape index (κ1) is 20.6. The van der Waals surface area contributed by atoms with Crippen LogP contribution in [0.3, 0.4) is 0 Å². The Kier molecular flexibility index (Phi) is 7.80. The highest BCUT2D eigenvalue weighted by Gasteiger charge is 2.28. The third-order valence-electron chi connectivity index (χ3n) is 4.44. The molecule has 2 aliphatic rings. The first-order valence-electron chi connectivity index (χ1n) is 8.72. The van der Waals surface area contributed by atoms with Crippen LogP contribution in [0, 0.1) is 5.92 Å². The van der Waals surface area contributed by atoms with Crippen molar-refractivity contribution >= 4 is 35.9 Å². The van der Waals surface area contributed by atoms with Gasteiger partial charge in [-0.2, -0.15) is 0 Å². The molecule has 2 aliphatic heterocycles. The molecular formula is C18H26IN3O4. The number of carbonyl (C=O) groups is 1. The van der Waals surface area contributed by atoms with Crippen LogP contribution in [0.2, 0.25) is 0 Å². The minimum atomic E-state index is -0.113. The highest BCUT2D eigenvalue weighted by atomic mass is 127. The van der Waals surface area contributed by atoms with Crippen molar-refractivity contribution in [1.29, 1.82) is 0 Å². The van der Waals surface area contributed by atoms with E-state index in [1.54, 1.807) is 7.05 Å². The van der Waals surface area contributed by atoms with Crippen molar-refractivity contribution in [2.24, 2.45) is 10.9 Å². The number of likely N-dealkylation sites (tertiary alicyclic amines) is 1. The van der Waals surface area contributed by atoms with Crippen molar-refractivity contribution in [1.82, 2.24) is 10.2 Å². The van der Waals surface area contributed by atoms with Crippen molar-refractivity contribution in [3.8, 4) is 11.5 Å². The highest BCUT2D eigenvalue weighted by Crippen LogP contribution is 2.32. The summed E-state index contributed by atoms with van der Waals surface area (Å²) in [7, 11) is 1.76. The largest absolute Gasteiger partial charge is 0.466 e. The molecule has 0 aromatic heterocycles. The van der Waals surface area contributed by atoms with Crippen molar-refractivity contribution in [2.45, 2.75) is 26.3 Å². The van der Waals surface area contributed by atoms with Crippen LogP contribution in [0.1, 0.15) is 25.3 Å². The predicted octanol–water partition coefficient (Wildman–Crippen LogP) is 2.38. The Morgan fingerprint density at radius 3 is 2.96 bits per heavy atom. The molecule has 0 saturated carbocycles. The van der Waals surface area contributed by atoms with E-state index < -0.39 is 0 Å². The molecule has 0 radical (unpaired) electrons. The summed E-state index contributed by atoms with van der Waals surface area (Å²) in [6, 6.07) is 5.89. The SMILES string of the molecule is CCOC(=O)C1CCCN(C(=NC)NCc2ccc3c(c2)OCO3)C1.I. The van der Waals surface area contributed by atoms with E-state index in [0.29, 0.717) is 19.7 Å². The normalized spacial score (nSPS) is 18.9. The van der Waals surface area contributed by atoms with Gasteiger partial charge in [-0.15, -0.1) is 24.0 Å². The van der Waals surface area contributed by atoms with Gasteiger partial charge in [0.25, 0.3) is 0 Å². The number of piperidine rings is 1. The van der Waals surface area contributed by atoms with E-state index in [1.807, 2.05) is 25.1 Å². The number of guanidine groups is 1. The Bertz CT molecular complexity index is 653. The Morgan fingerprint density at radius 2 is 2.19 bits per heavy atom. The summed E-state index contributed by atoms with van der Waals surface area (Å²) in [5, 5.41) is 3.37. The maximum absolute atomic E-state index is 12.0. The lowest BCUT2D eigenvalue weighted by molar-refractivity contribution is -0.149. The average molecular weight is 475 g/mol. The summed E-state index contributed by atoms with van der Waals surface area (Å²) in [5.74, 6) is 2.15. The predicted molar refractivity (Wildman–Crippen MR) is 109 cm³/mol. The van der Waals surface area contributed by atoms with E-state index >= 15 is 0 Å². The zero-order valence-corrected chi connectivity index (χ0v) is 17.5. The van der Waals surface area contributed by atoms with Gasteiger partial charge in [-0.25, -0.2) is 0 Å². The second kappa shape index (κ2) is 9.84. The number of aliphatic imine (C=N–C) groups is 1. The van der Waals surface area contributed by atoms with Gasteiger partial charge in [0.15, 0.2) is 17.5 Å². The molecule has 26 heavy (non-hydrogen) atoms. The fourth-order valence-electron chi connectivity index (χ4n) is 3.19. The Balaban J connectivity index is 0.00000243. The lowest BCUT2D eigenvalue weighted by Gasteiger charge is -2.34. The van der Waals surface area contributed by atoms with Gasteiger partial charge >= 0.3 is 5.97 Å². The minimum absolute atomic E-state index is 0. The van der Waals surface area contributed by atoms with Crippen LogP contribution in [-0.4, -0.2) is 50.4 Å². The second-order valence-corrected chi connectivity index (χ2v) is 6.13. The van der Waals surface area contributed by atoms with Crippen molar-refractivity contribution in [2.75, 3.05) is 33.5 Å². The van der Waals surface area contributed by atoms with Crippen LogP contribution in [0.15, 0.2) is 23.2 Å². The van der Waals surface area contributed by atoms with Crippen LogP contribution >= 0.6 is 24.0 Å². The van der Waals surface area contributed by atoms with Crippen LogP contribution in [0.4, 0.5) is 0 Å². The number of hydrogen-bond acceptors (Lipinski definition) is 5. The van der Waals surface area contributed by atoms with Gasteiger partial charge in [-0.1, -0.05) is 6.07 Å².